The molecule has 4 aromatic rings. The Balaban J connectivity index is 0.000000223. The number of carbonyl (C=O) groups excluding carboxylic acids is 1. The van der Waals surface area contributed by atoms with Crippen LogP contribution in [0.4, 0.5) is 0 Å². The van der Waals surface area contributed by atoms with E-state index in [0.29, 0.717) is 0 Å². The fraction of sp³-hybridized carbons (Fsp3) is 0.394. The number of aryl methyl sites for hydroxylation is 1. The Morgan fingerprint density at radius 2 is 1.61 bits per heavy atom. The number of nitrogens with zero attached hydrogens (tertiary/aromatic N) is 1. The summed E-state index contributed by atoms with van der Waals surface area (Å²) in [5, 5.41) is 16.5. The van der Waals surface area contributed by atoms with Crippen LogP contribution < -0.4 is 8.79 Å². The van der Waals surface area contributed by atoms with E-state index in [9.17, 15) is 9.90 Å². The van der Waals surface area contributed by atoms with Crippen LogP contribution in [0.2, 0.25) is 11.5 Å². The van der Waals surface area contributed by atoms with E-state index in [1.165, 1.54) is 38.6 Å². The van der Waals surface area contributed by atoms with E-state index in [-0.39, 0.29) is 43.5 Å². The second-order valence-corrected chi connectivity index (χ2v) is 20.0. The van der Waals surface area contributed by atoms with Crippen LogP contribution in [-0.2, 0) is 24.9 Å². The molecule has 0 aliphatic carbocycles. The van der Waals surface area contributed by atoms with Crippen molar-refractivity contribution in [2.24, 2.45) is 11.8 Å². The Morgan fingerprint density at radius 3 is 2.24 bits per heavy atom. The van der Waals surface area contributed by atoms with E-state index in [2.05, 4.69) is 60.9 Å². The van der Waals surface area contributed by atoms with Crippen molar-refractivity contribution < 1.29 is 30.0 Å². The molecule has 38 heavy (non-hydrogen) atoms. The number of rotatable bonds is 7. The summed E-state index contributed by atoms with van der Waals surface area (Å²) in [6.07, 6.45) is 6.90. The SMILES string of the molecule is CCC(CC)C(=O)/C=C(\O)C(CC)CC.Cc1c[c-]c2c(c1)c1ccc[c]3c1c1[c](ccnc21)[Ge]3([CH3])[CH3].[Ir]. The third-order valence-corrected chi connectivity index (χ3v) is 15.7. The van der Waals surface area contributed by atoms with Gasteiger partial charge in [0.15, 0.2) is 5.78 Å². The summed E-state index contributed by atoms with van der Waals surface area (Å²) in [7, 11) is 0. The maximum absolute atomic E-state index is 11.7. The van der Waals surface area contributed by atoms with E-state index in [0.717, 1.165) is 31.2 Å². The molecule has 0 unspecified atom stereocenters. The fourth-order valence-electron chi connectivity index (χ4n) is 5.93. The molecule has 3 nitrogen and oxygen atoms in total. The number of aliphatic hydroxyl groups excluding tert-OH is 1. The molecule has 5 rings (SSSR count). The van der Waals surface area contributed by atoms with Crippen molar-refractivity contribution in [3.05, 3.63) is 66.1 Å². The first-order chi connectivity index (χ1) is 17.7. The van der Waals surface area contributed by atoms with Crippen LogP contribution in [0.15, 0.2) is 54.4 Å². The first-order valence-corrected chi connectivity index (χ1v) is 20.1. The van der Waals surface area contributed by atoms with Crippen LogP contribution in [0, 0.1) is 24.8 Å². The smallest absolute Gasteiger partial charge is 0 e. The van der Waals surface area contributed by atoms with E-state index in [1.807, 2.05) is 33.9 Å². The molecule has 5 heteroatoms. The van der Waals surface area contributed by atoms with Crippen molar-refractivity contribution in [3.8, 4) is 0 Å². The Kier molecular flexibility index (Phi) is 10.0. The summed E-state index contributed by atoms with van der Waals surface area (Å²) in [5.74, 6) is 5.55. The molecule has 0 atom stereocenters. The minimum absolute atomic E-state index is 0. The molecule has 0 amide bonds. The minimum atomic E-state index is -2.19. The number of fused-ring (bicyclic) bond motifs is 3. The van der Waals surface area contributed by atoms with Gasteiger partial charge in [0.25, 0.3) is 0 Å². The van der Waals surface area contributed by atoms with Crippen molar-refractivity contribution in [1.29, 1.82) is 0 Å². The predicted octanol–water partition coefficient (Wildman–Crippen LogP) is 7.65. The average molecular weight is 748 g/mol. The molecule has 1 aliphatic rings. The molecule has 3 aromatic carbocycles. The van der Waals surface area contributed by atoms with E-state index in [4.69, 9.17) is 4.98 Å². The van der Waals surface area contributed by atoms with Gasteiger partial charge in [-0.1, -0.05) is 27.7 Å². The average Bonchev–Trinajstić information content (AvgIpc) is 3.13. The number of allylic oxidation sites excluding steroid dienone is 2. The second kappa shape index (κ2) is 12.4. The van der Waals surface area contributed by atoms with Crippen LogP contribution in [-0.4, -0.2) is 29.1 Å². The molecule has 1 aliphatic heterocycles. The Hall–Kier alpha value is -2.01. The fourth-order valence-corrected chi connectivity index (χ4v) is 12.3. The van der Waals surface area contributed by atoms with Crippen molar-refractivity contribution >= 4 is 60.3 Å². The van der Waals surface area contributed by atoms with Crippen molar-refractivity contribution in [1.82, 2.24) is 4.98 Å². The summed E-state index contributed by atoms with van der Waals surface area (Å²) >= 11 is -2.19. The van der Waals surface area contributed by atoms with Gasteiger partial charge >= 0.3 is 132 Å². The number of pyridine rings is 1. The molecule has 0 bridgehead atoms. The van der Waals surface area contributed by atoms with Gasteiger partial charge in [-0.25, -0.2) is 0 Å². The van der Waals surface area contributed by atoms with Gasteiger partial charge in [0.2, 0.25) is 0 Å². The Morgan fingerprint density at radius 1 is 0.974 bits per heavy atom. The normalized spacial score (nSPS) is 13.9. The first-order valence-electron chi connectivity index (χ1n) is 13.8. The van der Waals surface area contributed by atoms with Gasteiger partial charge in [-0.3, -0.25) is 4.79 Å². The van der Waals surface area contributed by atoms with Crippen molar-refractivity contribution in [2.45, 2.75) is 71.8 Å². The van der Waals surface area contributed by atoms with Crippen molar-refractivity contribution in [2.75, 3.05) is 0 Å². The third kappa shape index (κ3) is 5.37. The molecule has 0 spiro atoms. The first kappa shape index (κ1) is 30.5. The van der Waals surface area contributed by atoms with Gasteiger partial charge in [0.05, 0.1) is 5.76 Å². The summed E-state index contributed by atoms with van der Waals surface area (Å²) in [6.45, 7) is 10.2. The number of benzene rings is 3. The van der Waals surface area contributed by atoms with Crippen LogP contribution in [0.1, 0.15) is 58.9 Å². The van der Waals surface area contributed by atoms with Gasteiger partial charge in [-0.05, 0) is 25.7 Å². The number of aromatic nitrogens is 1. The quantitative estimate of drug-likeness (QED) is 0.0696. The summed E-state index contributed by atoms with van der Waals surface area (Å²) < 4.78 is 3.18. The van der Waals surface area contributed by atoms with Crippen LogP contribution >= 0.6 is 0 Å². The summed E-state index contributed by atoms with van der Waals surface area (Å²) in [5.41, 5.74) is 2.40. The third-order valence-electron chi connectivity index (χ3n) is 8.31. The number of aliphatic hydroxyl groups is 1. The Bertz CT molecular complexity index is 1500. The minimum Gasteiger partial charge on any atom is 0 e. The van der Waals surface area contributed by atoms with Gasteiger partial charge in [-0.2, -0.15) is 0 Å². The van der Waals surface area contributed by atoms with Crippen molar-refractivity contribution in [3.63, 3.8) is 0 Å². The molecule has 2 heterocycles. The largest absolute Gasteiger partial charge is 0 e. The maximum atomic E-state index is 11.7. The topological polar surface area (TPSA) is 50.2 Å². The maximum Gasteiger partial charge on any atom is 0 e. The predicted molar refractivity (Wildman–Crippen MR) is 161 cm³/mol. The van der Waals surface area contributed by atoms with Gasteiger partial charge in [-0.15, -0.1) is 0 Å². The summed E-state index contributed by atoms with van der Waals surface area (Å²) in [4.78, 5) is 16.5. The number of ketones is 1. The Labute approximate surface area is 243 Å². The van der Waals surface area contributed by atoms with E-state index in [1.54, 1.807) is 8.79 Å². The van der Waals surface area contributed by atoms with Gasteiger partial charge < -0.3 is 5.11 Å². The van der Waals surface area contributed by atoms with Crippen LogP contribution in [0.5, 0.6) is 0 Å². The van der Waals surface area contributed by atoms with E-state index < -0.39 is 13.3 Å². The molecule has 1 aromatic heterocycles. The number of carbonyl (C=O) groups is 1. The molecular weight excluding hydrogens is 707 g/mol. The molecule has 203 valence electrons. The van der Waals surface area contributed by atoms with Gasteiger partial charge in [0, 0.05) is 38.0 Å². The number of hydrogen-bond donors (Lipinski definition) is 1. The summed E-state index contributed by atoms with van der Waals surface area (Å²) in [6, 6.07) is 17.0. The molecule has 1 radical (unpaired) electrons. The molecular formula is C33H40GeIrNO2-. The molecule has 1 N–H and O–H groups in total. The molecule has 0 saturated heterocycles. The zero-order valence-electron chi connectivity index (χ0n) is 23.7. The van der Waals surface area contributed by atoms with E-state index >= 15 is 0 Å². The standard InChI is InChI=1S/C20H16GeN.C13H24O2.Ir/c1-12-7-8-14-15(11-12)13-5-4-6-16-18(13)19-17(21(16,2)3)9-10-22-20(14)19;1-5-10(6-2)12(14)9-13(15)11(7-3)8-4;/h4-7,9-11H,1-3H3;9-11,14H,5-8H2,1-4H3;/q-1;;/b;12-9-;. The zero-order valence-corrected chi connectivity index (χ0v) is 28.2. The zero-order chi connectivity index (χ0) is 26.9. The number of hydrogen-bond acceptors (Lipinski definition) is 3. The molecule has 0 fully saturated rings. The van der Waals surface area contributed by atoms with Crippen LogP contribution in [0.25, 0.3) is 32.4 Å². The monoisotopic (exact) mass is 749 g/mol. The van der Waals surface area contributed by atoms with Crippen LogP contribution in [0.3, 0.4) is 0 Å². The van der Waals surface area contributed by atoms with Gasteiger partial charge in [0.1, 0.15) is 0 Å². The second-order valence-electron chi connectivity index (χ2n) is 10.9. The molecule has 0 saturated carbocycles.